The molecule has 3 heterocycles. The normalized spacial score (nSPS) is 11.1. The van der Waals surface area contributed by atoms with Gasteiger partial charge in [-0.25, -0.2) is 9.50 Å². The number of thiophene rings is 1. The summed E-state index contributed by atoms with van der Waals surface area (Å²) in [6.07, 6.45) is 0.836. The Morgan fingerprint density at radius 1 is 1.43 bits per heavy atom. The molecule has 0 saturated heterocycles. The lowest BCUT2D eigenvalue weighted by atomic mass is 10.1. The zero-order valence-corrected chi connectivity index (χ0v) is 14.1. The van der Waals surface area contributed by atoms with Gasteiger partial charge < -0.3 is 5.32 Å². The van der Waals surface area contributed by atoms with Crippen molar-refractivity contribution in [3.63, 3.8) is 0 Å². The molecule has 0 radical (unpaired) electrons. The lowest BCUT2D eigenvalue weighted by molar-refractivity contribution is 0.0954. The summed E-state index contributed by atoms with van der Waals surface area (Å²) in [5, 5.41) is 7.60. The third kappa shape index (κ3) is 2.79. The number of rotatable bonds is 4. The first-order valence-electron chi connectivity index (χ1n) is 7.43. The van der Waals surface area contributed by atoms with E-state index in [1.165, 1.54) is 17.4 Å². The Morgan fingerprint density at radius 2 is 2.22 bits per heavy atom. The van der Waals surface area contributed by atoms with Crippen molar-refractivity contribution >= 4 is 22.9 Å². The Balaban J connectivity index is 1.87. The van der Waals surface area contributed by atoms with Gasteiger partial charge in [0.15, 0.2) is 5.65 Å². The minimum absolute atomic E-state index is 0.0725. The lowest BCUT2D eigenvalue weighted by Crippen LogP contribution is -2.24. The third-order valence-electron chi connectivity index (χ3n) is 3.96. The van der Waals surface area contributed by atoms with Gasteiger partial charge >= 0.3 is 0 Å². The van der Waals surface area contributed by atoms with E-state index < -0.39 is 0 Å². The van der Waals surface area contributed by atoms with E-state index in [-0.39, 0.29) is 11.5 Å². The molecule has 0 aliphatic heterocycles. The van der Waals surface area contributed by atoms with E-state index in [9.17, 15) is 9.59 Å². The Labute approximate surface area is 137 Å². The average Bonchev–Trinajstić information content (AvgIpc) is 3.12. The van der Waals surface area contributed by atoms with E-state index in [1.807, 2.05) is 32.2 Å². The highest BCUT2D eigenvalue weighted by Crippen LogP contribution is 2.18. The zero-order valence-electron chi connectivity index (χ0n) is 13.3. The number of aromatic amines is 1. The van der Waals surface area contributed by atoms with E-state index in [4.69, 9.17) is 0 Å². The number of fused-ring (bicyclic) bond motifs is 1. The van der Waals surface area contributed by atoms with Crippen LogP contribution in [0.1, 0.15) is 39.1 Å². The number of H-pyrrole nitrogens is 1. The number of hydrogen-bond acceptors (Lipinski definition) is 4. The van der Waals surface area contributed by atoms with Gasteiger partial charge in [0, 0.05) is 29.6 Å². The van der Waals surface area contributed by atoms with Crippen molar-refractivity contribution in [2.45, 2.75) is 33.7 Å². The van der Waals surface area contributed by atoms with Gasteiger partial charge in [-0.3, -0.25) is 14.7 Å². The highest BCUT2D eigenvalue weighted by molar-refractivity contribution is 7.12. The molecule has 0 bridgehead atoms. The highest BCUT2D eigenvalue weighted by atomic mass is 32.1. The van der Waals surface area contributed by atoms with Crippen molar-refractivity contribution < 1.29 is 4.79 Å². The first kappa shape index (κ1) is 15.5. The van der Waals surface area contributed by atoms with Gasteiger partial charge in [0.1, 0.15) is 0 Å². The highest BCUT2D eigenvalue weighted by Gasteiger charge is 2.15. The monoisotopic (exact) mass is 330 g/mol. The Bertz CT molecular complexity index is 935. The summed E-state index contributed by atoms with van der Waals surface area (Å²) < 4.78 is 1.65. The molecule has 1 amide bonds. The van der Waals surface area contributed by atoms with E-state index >= 15 is 0 Å². The minimum atomic E-state index is -0.188. The molecule has 120 valence electrons. The van der Waals surface area contributed by atoms with Crippen molar-refractivity contribution in [3.05, 3.63) is 55.3 Å². The van der Waals surface area contributed by atoms with E-state index in [0.717, 1.165) is 33.8 Å². The van der Waals surface area contributed by atoms with Crippen molar-refractivity contribution in [3.8, 4) is 0 Å². The summed E-state index contributed by atoms with van der Waals surface area (Å²) in [6.45, 7) is 6.20. The smallest absolute Gasteiger partial charge is 0.266 e. The van der Waals surface area contributed by atoms with E-state index in [0.29, 0.717) is 12.2 Å². The van der Waals surface area contributed by atoms with Gasteiger partial charge in [-0.2, -0.15) is 0 Å². The Hall–Kier alpha value is -2.41. The zero-order chi connectivity index (χ0) is 16.6. The Kier molecular flexibility index (Phi) is 4.04. The van der Waals surface area contributed by atoms with Gasteiger partial charge in [-0.05, 0) is 37.3 Å². The number of hydrogen-bond donors (Lipinski definition) is 2. The van der Waals surface area contributed by atoms with Crippen molar-refractivity contribution in [2.75, 3.05) is 0 Å². The second-order valence-corrected chi connectivity index (χ2v) is 6.30. The molecule has 3 rings (SSSR count). The van der Waals surface area contributed by atoms with Crippen LogP contribution >= 0.6 is 11.3 Å². The number of aromatic nitrogens is 3. The van der Waals surface area contributed by atoms with Gasteiger partial charge in [-0.15, -0.1) is 11.3 Å². The molecular formula is C16H18N4O2S. The molecule has 0 saturated carbocycles. The van der Waals surface area contributed by atoms with Crippen LogP contribution in [0.2, 0.25) is 0 Å². The van der Waals surface area contributed by atoms with Gasteiger partial charge in [0.2, 0.25) is 0 Å². The molecule has 2 N–H and O–H groups in total. The summed E-state index contributed by atoms with van der Waals surface area (Å²) in [7, 11) is 0. The molecule has 0 aliphatic rings. The molecule has 7 heteroatoms. The summed E-state index contributed by atoms with van der Waals surface area (Å²) in [5.74, 6) is -0.0725. The molecule has 3 aromatic rings. The number of amides is 1. The largest absolute Gasteiger partial charge is 0.347 e. The quantitative estimate of drug-likeness (QED) is 0.769. The van der Waals surface area contributed by atoms with Crippen LogP contribution in [0.4, 0.5) is 0 Å². The molecule has 6 nitrogen and oxygen atoms in total. The van der Waals surface area contributed by atoms with Crippen LogP contribution < -0.4 is 10.9 Å². The van der Waals surface area contributed by atoms with Crippen molar-refractivity contribution in [1.82, 2.24) is 19.9 Å². The Morgan fingerprint density at radius 3 is 2.96 bits per heavy atom. The molecule has 23 heavy (non-hydrogen) atoms. The van der Waals surface area contributed by atoms with Gasteiger partial charge in [0.25, 0.3) is 11.5 Å². The van der Waals surface area contributed by atoms with Crippen LogP contribution in [0.15, 0.2) is 22.3 Å². The topological polar surface area (TPSA) is 79.3 Å². The maximum atomic E-state index is 12.4. The van der Waals surface area contributed by atoms with Crippen molar-refractivity contribution in [2.24, 2.45) is 0 Å². The van der Waals surface area contributed by atoms with Crippen LogP contribution in [0.5, 0.6) is 0 Å². The van der Waals surface area contributed by atoms with Crippen LogP contribution in [-0.2, 0) is 13.0 Å². The summed E-state index contributed by atoms with van der Waals surface area (Å²) >= 11 is 1.45. The second kappa shape index (κ2) is 6.00. The van der Waals surface area contributed by atoms with Crippen LogP contribution in [0.25, 0.3) is 5.65 Å². The summed E-state index contributed by atoms with van der Waals surface area (Å²) in [4.78, 5) is 29.0. The standard InChI is InChI=1S/C16H18N4O2S/c1-4-11-5-6-23-15(11)16(22)17-8-12-9(2)18-13-7-14(21)19-20(13)10(12)3/h5-7H,4,8H2,1-3H3,(H,17,22)(H,19,21). The number of carbonyl (C=O) groups excluding carboxylic acids is 1. The molecule has 0 atom stereocenters. The second-order valence-electron chi connectivity index (χ2n) is 5.39. The fourth-order valence-electron chi connectivity index (χ4n) is 2.67. The number of nitrogens with zero attached hydrogens (tertiary/aromatic N) is 2. The summed E-state index contributed by atoms with van der Waals surface area (Å²) in [6, 6.07) is 3.44. The van der Waals surface area contributed by atoms with Crippen LogP contribution in [0.3, 0.4) is 0 Å². The van der Waals surface area contributed by atoms with Gasteiger partial charge in [0.05, 0.1) is 4.88 Å². The third-order valence-corrected chi connectivity index (χ3v) is 4.92. The SMILES string of the molecule is CCc1ccsc1C(=O)NCc1c(C)nc2cc(=O)[nH]n2c1C. The van der Waals surface area contributed by atoms with Crippen molar-refractivity contribution in [1.29, 1.82) is 0 Å². The maximum absolute atomic E-state index is 12.4. The molecule has 0 aromatic carbocycles. The van der Waals surface area contributed by atoms with Crippen LogP contribution in [0, 0.1) is 13.8 Å². The maximum Gasteiger partial charge on any atom is 0.266 e. The molecule has 0 aliphatic carbocycles. The number of aryl methyl sites for hydroxylation is 3. The molecule has 0 fully saturated rings. The fraction of sp³-hybridized carbons (Fsp3) is 0.312. The van der Waals surface area contributed by atoms with Gasteiger partial charge in [-0.1, -0.05) is 6.92 Å². The van der Waals surface area contributed by atoms with Crippen LogP contribution in [-0.4, -0.2) is 20.5 Å². The number of nitrogens with one attached hydrogen (secondary N) is 2. The summed E-state index contributed by atoms with van der Waals surface area (Å²) in [5.41, 5.74) is 4.05. The first-order chi connectivity index (χ1) is 11.0. The van der Waals surface area contributed by atoms with E-state index in [2.05, 4.69) is 15.4 Å². The molecule has 3 aromatic heterocycles. The van der Waals surface area contributed by atoms with E-state index in [1.54, 1.807) is 4.52 Å². The predicted octanol–water partition coefficient (Wildman–Crippen LogP) is 2.19. The lowest BCUT2D eigenvalue weighted by Gasteiger charge is -2.12. The molecule has 0 unspecified atom stereocenters. The minimum Gasteiger partial charge on any atom is -0.347 e. The predicted molar refractivity (Wildman–Crippen MR) is 90.2 cm³/mol. The fourth-order valence-corrected chi connectivity index (χ4v) is 3.59. The first-order valence-corrected chi connectivity index (χ1v) is 8.31. The number of carbonyl (C=O) groups is 1. The molecular weight excluding hydrogens is 312 g/mol. The average molecular weight is 330 g/mol. The molecule has 0 spiro atoms.